The van der Waals surface area contributed by atoms with Crippen molar-refractivity contribution in [3.05, 3.63) is 0 Å². The fourth-order valence-electron chi connectivity index (χ4n) is 4.78. The summed E-state index contributed by atoms with van der Waals surface area (Å²) in [5, 5.41) is 3.64. The van der Waals surface area contributed by atoms with Crippen LogP contribution >= 0.6 is 0 Å². The summed E-state index contributed by atoms with van der Waals surface area (Å²) in [6.45, 7) is 12.0. The second-order valence-electron chi connectivity index (χ2n) is 8.51. The molecule has 2 saturated carbocycles. The van der Waals surface area contributed by atoms with Gasteiger partial charge in [-0.2, -0.15) is 0 Å². The third kappa shape index (κ3) is 4.23. The SMILES string of the molecule is CCNCC1CCC(C(C)(C)C)CC1C1CCCCC1. The van der Waals surface area contributed by atoms with Crippen LogP contribution in [0.1, 0.15) is 79.1 Å². The molecule has 0 amide bonds. The molecule has 0 spiro atoms. The van der Waals surface area contributed by atoms with E-state index in [-0.39, 0.29) is 0 Å². The van der Waals surface area contributed by atoms with Crippen molar-refractivity contribution in [3.8, 4) is 0 Å². The largest absolute Gasteiger partial charge is 0.317 e. The minimum atomic E-state index is 0.510. The van der Waals surface area contributed by atoms with E-state index in [0.717, 1.165) is 30.2 Å². The van der Waals surface area contributed by atoms with Crippen LogP contribution in [0.2, 0.25) is 0 Å². The molecule has 0 heterocycles. The number of hydrogen-bond donors (Lipinski definition) is 1. The van der Waals surface area contributed by atoms with Crippen molar-refractivity contribution in [1.29, 1.82) is 0 Å². The molecule has 1 heteroatoms. The summed E-state index contributed by atoms with van der Waals surface area (Å²) in [5.74, 6) is 3.95. The fraction of sp³-hybridized carbons (Fsp3) is 1.00. The first-order valence-electron chi connectivity index (χ1n) is 9.23. The van der Waals surface area contributed by atoms with Gasteiger partial charge in [0.25, 0.3) is 0 Å². The van der Waals surface area contributed by atoms with Crippen LogP contribution in [0.5, 0.6) is 0 Å². The molecule has 2 aliphatic rings. The first kappa shape index (κ1) is 16.3. The van der Waals surface area contributed by atoms with Crippen molar-refractivity contribution in [2.75, 3.05) is 13.1 Å². The van der Waals surface area contributed by atoms with Gasteiger partial charge < -0.3 is 5.32 Å². The summed E-state index contributed by atoms with van der Waals surface area (Å²) in [4.78, 5) is 0. The van der Waals surface area contributed by atoms with Crippen LogP contribution in [0.15, 0.2) is 0 Å². The van der Waals surface area contributed by atoms with E-state index >= 15 is 0 Å². The zero-order chi connectivity index (χ0) is 14.6. The van der Waals surface area contributed by atoms with Crippen molar-refractivity contribution in [2.24, 2.45) is 29.1 Å². The average molecular weight is 280 g/mol. The van der Waals surface area contributed by atoms with Crippen LogP contribution in [0, 0.1) is 29.1 Å². The molecule has 2 rings (SSSR count). The normalized spacial score (nSPS) is 33.3. The Morgan fingerprint density at radius 1 is 0.950 bits per heavy atom. The molecule has 0 aromatic carbocycles. The van der Waals surface area contributed by atoms with Gasteiger partial charge in [-0.05, 0) is 61.4 Å². The molecule has 0 radical (unpaired) electrons. The second-order valence-corrected chi connectivity index (χ2v) is 8.51. The summed E-state index contributed by atoms with van der Waals surface area (Å²) >= 11 is 0. The zero-order valence-corrected chi connectivity index (χ0v) is 14.4. The van der Waals surface area contributed by atoms with Gasteiger partial charge in [0, 0.05) is 0 Å². The van der Waals surface area contributed by atoms with Crippen molar-refractivity contribution in [2.45, 2.75) is 79.1 Å². The maximum atomic E-state index is 3.64. The molecule has 0 saturated heterocycles. The van der Waals surface area contributed by atoms with Crippen LogP contribution < -0.4 is 5.32 Å². The van der Waals surface area contributed by atoms with E-state index in [1.54, 1.807) is 0 Å². The van der Waals surface area contributed by atoms with E-state index < -0.39 is 0 Å². The Labute approximate surface area is 127 Å². The summed E-state index contributed by atoms with van der Waals surface area (Å²) in [6, 6.07) is 0. The van der Waals surface area contributed by atoms with E-state index in [4.69, 9.17) is 0 Å². The van der Waals surface area contributed by atoms with Crippen molar-refractivity contribution in [3.63, 3.8) is 0 Å². The maximum Gasteiger partial charge on any atom is -0.00179 e. The van der Waals surface area contributed by atoms with Crippen LogP contribution in [-0.2, 0) is 0 Å². The average Bonchev–Trinajstić information content (AvgIpc) is 2.45. The Morgan fingerprint density at radius 3 is 2.25 bits per heavy atom. The molecule has 0 aromatic rings. The van der Waals surface area contributed by atoms with Crippen LogP contribution in [0.4, 0.5) is 0 Å². The van der Waals surface area contributed by atoms with E-state index in [0.29, 0.717) is 5.41 Å². The highest BCUT2D eigenvalue weighted by Gasteiger charge is 2.39. The van der Waals surface area contributed by atoms with Gasteiger partial charge in [-0.1, -0.05) is 59.8 Å². The Kier molecular flexibility index (Phi) is 5.95. The Hall–Kier alpha value is -0.0400. The maximum absolute atomic E-state index is 3.64. The highest BCUT2D eigenvalue weighted by atomic mass is 14.8. The third-order valence-electron chi connectivity index (χ3n) is 6.18. The summed E-state index contributed by atoms with van der Waals surface area (Å²) in [5.41, 5.74) is 0.510. The molecule has 118 valence electrons. The fourth-order valence-corrected chi connectivity index (χ4v) is 4.78. The highest BCUT2D eigenvalue weighted by Crippen LogP contribution is 2.47. The molecule has 0 aliphatic heterocycles. The minimum absolute atomic E-state index is 0.510. The van der Waals surface area contributed by atoms with Crippen LogP contribution in [-0.4, -0.2) is 13.1 Å². The Bertz CT molecular complexity index is 272. The van der Waals surface area contributed by atoms with Gasteiger partial charge in [0.1, 0.15) is 0 Å². The van der Waals surface area contributed by atoms with Crippen molar-refractivity contribution in [1.82, 2.24) is 5.32 Å². The molecule has 2 aliphatic carbocycles. The predicted octanol–water partition coefficient (Wildman–Crippen LogP) is 5.25. The number of nitrogens with one attached hydrogen (secondary N) is 1. The lowest BCUT2D eigenvalue weighted by Crippen LogP contribution is -2.40. The van der Waals surface area contributed by atoms with Gasteiger partial charge in [-0.3, -0.25) is 0 Å². The Morgan fingerprint density at radius 2 is 1.65 bits per heavy atom. The second kappa shape index (κ2) is 7.29. The number of hydrogen-bond acceptors (Lipinski definition) is 1. The van der Waals surface area contributed by atoms with Gasteiger partial charge >= 0.3 is 0 Å². The lowest BCUT2D eigenvalue weighted by molar-refractivity contribution is 0.0509. The minimum Gasteiger partial charge on any atom is -0.317 e. The lowest BCUT2D eigenvalue weighted by Gasteiger charge is -2.46. The van der Waals surface area contributed by atoms with Gasteiger partial charge in [0.2, 0.25) is 0 Å². The molecule has 0 bridgehead atoms. The van der Waals surface area contributed by atoms with E-state index in [1.807, 2.05) is 0 Å². The summed E-state index contributed by atoms with van der Waals surface area (Å²) in [7, 11) is 0. The predicted molar refractivity (Wildman–Crippen MR) is 88.9 cm³/mol. The molecule has 0 aromatic heterocycles. The quantitative estimate of drug-likeness (QED) is 0.740. The van der Waals surface area contributed by atoms with Crippen LogP contribution in [0.25, 0.3) is 0 Å². The molecular weight excluding hydrogens is 242 g/mol. The third-order valence-corrected chi connectivity index (χ3v) is 6.18. The zero-order valence-electron chi connectivity index (χ0n) is 14.4. The van der Waals surface area contributed by atoms with E-state index in [2.05, 4.69) is 33.0 Å². The lowest BCUT2D eigenvalue weighted by atomic mass is 9.60. The van der Waals surface area contributed by atoms with Gasteiger partial charge in [-0.25, -0.2) is 0 Å². The van der Waals surface area contributed by atoms with Crippen molar-refractivity contribution < 1.29 is 0 Å². The van der Waals surface area contributed by atoms with Gasteiger partial charge in [0.05, 0.1) is 0 Å². The van der Waals surface area contributed by atoms with E-state index in [1.165, 1.54) is 57.9 Å². The topological polar surface area (TPSA) is 12.0 Å². The molecular formula is C19H37N. The highest BCUT2D eigenvalue weighted by molar-refractivity contribution is 4.90. The molecule has 1 N–H and O–H groups in total. The summed E-state index contributed by atoms with van der Waals surface area (Å²) in [6.07, 6.45) is 12.0. The van der Waals surface area contributed by atoms with Crippen molar-refractivity contribution >= 4 is 0 Å². The monoisotopic (exact) mass is 279 g/mol. The molecule has 20 heavy (non-hydrogen) atoms. The molecule has 1 nitrogen and oxygen atoms in total. The standard InChI is InChI=1S/C19H37N/c1-5-20-14-16-11-12-17(19(2,3)4)13-18(16)15-9-7-6-8-10-15/h15-18,20H,5-14H2,1-4H3. The van der Waals surface area contributed by atoms with Gasteiger partial charge in [-0.15, -0.1) is 0 Å². The Balaban J connectivity index is 2.01. The summed E-state index contributed by atoms with van der Waals surface area (Å²) < 4.78 is 0. The number of rotatable bonds is 4. The molecule has 2 fully saturated rings. The first-order chi connectivity index (χ1) is 9.52. The van der Waals surface area contributed by atoms with E-state index in [9.17, 15) is 0 Å². The van der Waals surface area contributed by atoms with Gasteiger partial charge in [0.15, 0.2) is 0 Å². The van der Waals surface area contributed by atoms with Crippen LogP contribution in [0.3, 0.4) is 0 Å². The molecule has 3 unspecified atom stereocenters. The molecule has 3 atom stereocenters. The smallest absolute Gasteiger partial charge is 0.00179 e. The first-order valence-corrected chi connectivity index (χ1v) is 9.23.